The molecule has 3 aliphatic rings. The van der Waals surface area contributed by atoms with Crippen LogP contribution in [0.25, 0.3) is 0 Å². The summed E-state index contributed by atoms with van der Waals surface area (Å²) in [5, 5.41) is 3.38. The van der Waals surface area contributed by atoms with Crippen LogP contribution in [0.4, 0.5) is 0 Å². The first-order valence-electron chi connectivity index (χ1n) is 5.93. The lowest BCUT2D eigenvalue weighted by molar-refractivity contribution is -0.167. The third-order valence-corrected chi connectivity index (χ3v) is 3.70. The number of carbonyl (C=O) groups excluding carboxylic acids is 1. The summed E-state index contributed by atoms with van der Waals surface area (Å²) in [6.07, 6.45) is 4.63. The molecule has 4 nitrogen and oxygen atoms in total. The fourth-order valence-corrected chi connectivity index (χ4v) is 2.66. The number of carbonyl (C=O) groups is 1. The highest BCUT2D eigenvalue weighted by Gasteiger charge is 2.45. The van der Waals surface area contributed by atoms with Crippen molar-refractivity contribution in [1.29, 1.82) is 0 Å². The van der Waals surface area contributed by atoms with E-state index in [1.54, 1.807) is 0 Å². The second-order valence-electron chi connectivity index (χ2n) is 5.00. The Hall–Kier alpha value is -0.610. The lowest BCUT2D eigenvalue weighted by atomic mass is 9.92. The molecule has 1 saturated carbocycles. The zero-order chi connectivity index (χ0) is 10.3. The van der Waals surface area contributed by atoms with Gasteiger partial charge in [0.25, 0.3) is 0 Å². The normalized spacial score (nSPS) is 37.3. The van der Waals surface area contributed by atoms with Crippen molar-refractivity contribution in [2.75, 3.05) is 26.2 Å². The Morgan fingerprint density at radius 3 is 3.00 bits per heavy atom. The Balaban J connectivity index is 1.72. The van der Waals surface area contributed by atoms with Crippen molar-refractivity contribution in [2.45, 2.75) is 37.3 Å². The standard InChI is InChI=1S/C11H18N2O2/c14-10-6-15-11(4-1-5-12-7-11)8-13(10)9-2-3-9/h9,12H,1-8H2. The molecule has 0 bridgehead atoms. The molecular weight excluding hydrogens is 192 g/mol. The van der Waals surface area contributed by atoms with Crippen LogP contribution in [0.5, 0.6) is 0 Å². The van der Waals surface area contributed by atoms with Crippen LogP contribution in [0.3, 0.4) is 0 Å². The Morgan fingerprint density at radius 2 is 2.33 bits per heavy atom. The summed E-state index contributed by atoms with van der Waals surface area (Å²) in [4.78, 5) is 13.7. The average molecular weight is 210 g/mol. The van der Waals surface area contributed by atoms with Gasteiger partial charge in [-0.1, -0.05) is 0 Å². The number of amides is 1. The molecule has 4 heteroatoms. The number of hydrogen-bond acceptors (Lipinski definition) is 3. The molecular formula is C11H18N2O2. The third kappa shape index (κ3) is 1.76. The molecule has 1 unspecified atom stereocenters. The predicted octanol–water partition coefficient (Wildman–Crippen LogP) is 0.130. The maximum atomic E-state index is 11.7. The number of nitrogens with zero attached hydrogens (tertiary/aromatic N) is 1. The molecule has 1 amide bonds. The molecule has 15 heavy (non-hydrogen) atoms. The summed E-state index contributed by atoms with van der Waals surface area (Å²) in [5.41, 5.74) is -0.0747. The highest BCUT2D eigenvalue weighted by atomic mass is 16.5. The van der Waals surface area contributed by atoms with Crippen molar-refractivity contribution < 1.29 is 9.53 Å². The zero-order valence-corrected chi connectivity index (χ0v) is 9.00. The van der Waals surface area contributed by atoms with Crippen molar-refractivity contribution in [3.8, 4) is 0 Å². The number of nitrogens with one attached hydrogen (secondary N) is 1. The quantitative estimate of drug-likeness (QED) is 0.669. The molecule has 1 atom stereocenters. The molecule has 0 radical (unpaired) electrons. The number of hydrogen-bond donors (Lipinski definition) is 1. The molecule has 3 fully saturated rings. The number of piperidine rings is 1. The maximum Gasteiger partial charge on any atom is 0.248 e. The van der Waals surface area contributed by atoms with E-state index in [2.05, 4.69) is 10.2 Å². The van der Waals surface area contributed by atoms with Crippen LogP contribution in [0.1, 0.15) is 25.7 Å². The van der Waals surface area contributed by atoms with Gasteiger partial charge in [0.1, 0.15) is 6.61 Å². The average Bonchev–Trinajstić information content (AvgIpc) is 3.07. The topological polar surface area (TPSA) is 41.6 Å². The van der Waals surface area contributed by atoms with Gasteiger partial charge in [0.05, 0.1) is 12.1 Å². The van der Waals surface area contributed by atoms with Crippen LogP contribution in [-0.2, 0) is 9.53 Å². The van der Waals surface area contributed by atoms with E-state index >= 15 is 0 Å². The van der Waals surface area contributed by atoms with E-state index in [0.29, 0.717) is 6.04 Å². The molecule has 1 spiro atoms. The van der Waals surface area contributed by atoms with Gasteiger partial charge in [-0.2, -0.15) is 0 Å². The number of ether oxygens (including phenoxy) is 1. The van der Waals surface area contributed by atoms with Gasteiger partial charge in [-0.3, -0.25) is 4.79 Å². The highest BCUT2D eigenvalue weighted by molar-refractivity contribution is 5.79. The van der Waals surface area contributed by atoms with E-state index in [1.165, 1.54) is 12.8 Å². The fraction of sp³-hybridized carbons (Fsp3) is 0.909. The summed E-state index contributed by atoms with van der Waals surface area (Å²) in [7, 11) is 0. The zero-order valence-electron chi connectivity index (χ0n) is 9.00. The van der Waals surface area contributed by atoms with Gasteiger partial charge in [0.15, 0.2) is 0 Å². The summed E-state index contributed by atoms with van der Waals surface area (Å²) in [6, 6.07) is 0.528. The molecule has 2 saturated heterocycles. The van der Waals surface area contributed by atoms with E-state index in [1.807, 2.05) is 0 Å². The summed E-state index contributed by atoms with van der Waals surface area (Å²) in [6.45, 7) is 3.09. The number of morpholine rings is 1. The fourth-order valence-electron chi connectivity index (χ4n) is 2.66. The Morgan fingerprint density at radius 1 is 1.47 bits per heavy atom. The third-order valence-electron chi connectivity index (χ3n) is 3.70. The van der Waals surface area contributed by atoms with E-state index in [-0.39, 0.29) is 18.1 Å². The SMILES string of the molecule is O=C1COC2(CCCNC2)CN1C1CC1. The van der Waals surface area contributed by atoms with Gasteiger partial charge in [0.2, 0.25) is 5.91 Å². The van der Waals surface area contributed by atoms with Crippen molar-refractivity contribution in [3.05, 3.63) is 0 Å². The second-order valence-corrected chi connectivity index (χ2v) is 5.00. The maximum absolute atomic E-state index is 11.7. The van der Waals surface area contributed by atoms with E-state index in [9.17, 15) is 4.79 Å². The second kappa shape index (κ2) is 3.46. The van der Waals surface area contributed by atoms with Gasteiger partial charge in [0, 0.05) is 12.6 Å². The molecule has 1 N–H and O–H groups in total. The molecule has 2 aliphatic heterocycles. The Bertz CT molecular complexity index is 270. The minimum atomic E-state index is -0.0747. The molecule has 0 aromatic heterocycles. The van der Waals surface area contributed by atoms with Crippen LogP contribution in [0.2, 0.25) is 0 Å². The molecule has 84 valence electrons. The minimum absolute atomic E-state index is 0.0747. The lowest BCUT2D eigenvalue weighted by Gasteiger charge is -2.45. The Kier molecular flexibility index (Phi) is 2.21. The Labute approximate surface area is 90.0 Å². The highest BCUT2D eigenvalue weighted by Crippen LogP contribution is 2.33. The smallest absolute Gasteiger partial charge is 0.248 e. The summed E-state index contributed by atoms with van der Waals surface area (Å²) < 4.78 is 5.77. The number of rotatable bonds is 1. The molecule has 1 aliphatic carbocycles. The van der Waals surface area contributed by atoms with Gasteiger partial charge in [-0.25, -0.2) is 0 Å². The van der Waals surface area contributed by atoms with Crippen LogP contribution in [0.15, 0.2) is 0 Å². The van der Waals surface area contributed by atoms with Gasteiger partial charge < -0.3 is 15.0 Å². The monoisotopic (exact) mass is 210 g/mol. The van der Waals surface area contributed by atoms with Crippen molar-refractivity contribution in [1.82, 2.24) is 10.2 Å². The van der Waals surface area contributed by atoms with Gasteiger partial charge >= 0.3 is 0 Å². The van der Waals surface area contributed by atoms with Crippen LogP contribution in [0, 0.1) is 0 Å². The molecule has 0 aromatic carbocycles. The molecule has 0 aromatic rings. The van der Waals surface area contributed by atoms with Gasteiger partial charge in [-0.15, -0.1) is 0 Å². The van der Waals surface area contributed by atoms with Crippen molar-refractivity contribution >= 4 is 5.91 Å². The molecule has 2 heterocycles. The van der Waals surface area contributed by atoms with Crippen LogP contribution < -0.4 is 5.32 Å². The first kappa shape index (κ1) is 9.60. The first-order valence-corrected chi connectivity index (χ1v) is 5.93. The lowest BCUT2D eigenvalue weighted by Crippen LogP contribution is -2.61. The van der Waals surface area contributed by atoms with Gasteiger partial charge in [-0.05, 0) is 32.2 Å². The minimum Gasteiger partial charge on any atom is -0.362 e. The summed E-state index contributed by atoms with van der Waals surface area (Å²) >= 11 is 0. The van der Waals surface area contributed by atoms with E-state index in [0.717, 1.165) is 32.5 Å². The van der Waals surface area contributed by atoms with E-state index in [4.69, 9.17) is 4.74 Å². The van der Waals surface area contributed by atoms with Crippen LogP contribution in [-0.4, -0.2) is 48.7 Å². The largest absolute Gasteiger partial charge is 0.362 e. The van der Waals surface area contributed by atoms with Crippen molar-refractivity contribution in [3.63, 3.8) is 0 Å². The first-order chi connectivity index (χ1) is 7.29. The van der Waals surface area contributed by atoms with Crippen LogP contribution >= 0.6 is 0 Å². The van der Waals surface area contributed by atoms with E-state index < -0.39 is 0 Å². The summed E-state index contributed by atoms with van der Waals surface area (Å²) in [5.74, 6) is 0.189. The predicted molar refractivity (Wildman–Crippen MR) is 55.5 cm³/mol. The molecule has 3 rings (SSSR count). The van der Waals surface area contributed by atoms with Crippen molar-refractivity contribution in [2.24, 2.45) is 0 Å².